The molecule has 0 aliphatic rings. The lowest BCUT2D eigenvalue weighted by Crippen LogP contribution is -2.06. The number of ether oxygens (including phenoxy) is 2. The lowest BCUT2D eigenvalue weighted by molar-refractivity contribution is 0.0697. The van der Waals surface area contributed by atoms with Gasteiger partial charge in [-0.1, -0.05) is 30.1 Å². The van der Waals surface area contributed by atoms with Crippen molar-refractivity contribution in [2.24, 2.45) is 0 Å². The summed E-state index contributed by atoms with van der Waals surface area (Å²) >= 11 is 12.1. The van der Waals surface area contributed by atoms with Gasteiger partial charge in [-0.3, -0.25) is 0 Å². The van der Waals surface area contributed by atoms with Crippen LogP contribution in [0.25, 0.3) is 0 Å². The van der Waals surface area contributed by atoms with Crippen LogP contribution >= 0.6 is 23.2 Å². The Kier molecular flexibility index (Phi) is 6.79. The van der Waals surface area contributed by atoms with Gasteiger partial charge in [-0.25, -0.2) is 4.79 Å². The van der Waals surface area contributed by atoms with E-state index in [4.69, 9.17) is 37.8 Å². The molecule has 0 bridgehead atoms. The van der Waals surface area contributed by atoms with Crippen molar-refractivity contribution >= 4 is 34.9 Å². The fourth-order valence-electron chi connectivity index (χ4n) is 2.27. The third kappa shape index (κ3) is 4.94. The quantitative estimate of drug-likeness (QED) is 0.663. The van der Waals surface area contributed by atoms with Gasteiger partial charge in [-0.15, -0.1) is 0 Å². The highest BCUT2D eigenvalue weighted by molar-refractivity contribution is 6.33. The lowest BCUT2D eigenvalue weighted by Gasteiger charge is -2.16. The molecule has 134 valence electrons. The number of methoxy groups -OCH3 is 1. The minimum atomic E-state index is -1.06. The van der Waals surface area contributed by atoms with Crippen molar-refractivity contribution < 1.29 is 19.4 Å². The third-order valence-electron chi connectivity index (χ3n) is 3.45. The van der Waals surface area contributed by atoms with Gasteiger partial charge in [0, 0.05) is 28.9 Å². The van der Waals surface area contributed by atoms with Crippen molar-refractivity contribution in [3.63, 3.8) is 0 Å². The van der Waals surface area contributed by atoms with Gasteiger partial charge < -0.3 is 19.9 Å². The molecule has 0 spiro atoms. The first kappa shape index (κ1) is 19.2. The number of halogens is 2. The summed E-state index contributed by atoms with van der Waals surface area (Å²) in [5.41, 5.74) is 1.58. The van der Waals surface area contributed by atoms with Crippen molar-refractivity contribution in [3.05, 3.63) is 51.5 Å². The molecule has 0 aromatic heterocycles. The highest BCUT2D eigenvalue weighted by Gasteiger charge is 2.14. The maximum atomic E-state index is 11.0. The molecule has 0 fully saturated rings. The molecule has 0 aliphatic carbocycles. The van der Waals surface area contributed by atoms with Gasteiger partial charge in [-0.05, 0) is 30.7 Å². The highest BCUT2D eigenvalue weighted by atomic mass is 35.5. The van der Waals surface area contributed by atoms with Crippen LogP contribution in [0.15, 0.2) is 30.3 Å². The maximum Gasteiger partial charge on any atom is 0.337 e. The average Bonchev–Trinajstić information content (AvgIpc) is 2.58. The first-order valence-corrected chi connectivity index (χ1v) is 8.47. The minimum absolute atomic E-state index is 0.0589. The molecule has 7 heteroatoms. The standard InChI is InChI=1S/C18H19Cl2NO4/c1-3-6-25-17-11(7-12(19)8-16(17)24-2)10-21-13-4-5-14(18(22)23)15(20)9-13/h4-5,7-9,21H,3,6,10H2,1-2H3,(H,22,23). The van der Waals surface area contributed by atoms with E-state index in [1.165, 1.54) is 6.07 Å². The number of carbonyl (C=O) groups is 1. The number of hydrogen-bond acceptors (Lipinski definition) is 4. The Morgan fingerprint density at radius 1 is 1.24 bits per heavy atom. The Morgan fingerprint density at radius 3 is 2.60 bits per heavy atom. The monoisotopic (exact) mass is 383 g/mol. The number of nitrogens with one attached hydrogen (secondary N) is 1. The van der Waals surface area contributed by atoms with Crippen LogP contribution in [0.4, 0.5) is 5.69 Å². The van der Waals surface area contributed by atoms with E-state index in [-0.39, 0.29) is 10.6 Å². The molecule has 25 heavy (non-hydrogen) atoms. The molecular weight excluding hydrogens is 365 g/mol. The van der Waals surface area contributed by atoms with E-state index in [0.29, 0.717) is 35.4 Å². The Morgan fingerprint density at radius 2 is 2.00 bits per heavy atom. The summed E-state index contributed by atoms with van der Waals surface area (Å²) in [5, 5.41) is 12.9. The smallest absolute Gasteiger partial charge is 0.337 e. The third-order valence-corrected chi connectivity index (χ3v) is 3.98. The SMILES string of the molecule is CCCOc1c(CNc2ccc(C(=O)O)c(Cl)c2)cc(Cl)cc1OC. The van der Waals surface area contributed by atoms with Crippen LogP contribution in [0.3, 0.4) is 0 Å². The Bertz CT molecular complexity index is 765. The predicted octanol–water partition coefficient (Wildman–Crippen LogP) is 5.10. The van der Waals surface area contributed by atoms with Gasteiger partial charge in [0.05, 0.1) is 24.3 Å². The van der Waals surface area contributed by atoms with E-state index in [0.717, 1.165) is 12.0 Å². The molecule has 2 aromatic rings. The summed E-state index contributed by atoms with van der Waals surface area (Å²) in [6.45, 7) is 3.00. The summed E-state index contributed by atoms with van der Waals surface area (Å²) < 4.78 is 11.2. The second-order valence-corrected chi connectivity index (χ2v) is 6.14. The molecule has 0 heterocycles. The molecule has 2 aromatic carbocycles. The summed E-state index contributed by atoms with van der Waals surface area (Å²) in [6.07, 6.45) is 0.866. The van der Waals surface area contributed by atoms with Gasteiger partial charge in [0.25, 0.3) is 0 Å². The van der Waals surface area contributed by atoms with Crippen LogP contribution in [0.5, 0.6) is 11.5 Å². The molecule has 0 atom stereocenters. The Balaban J connectivity index is 2.23. The first-order valence-electron chi connectivity index (χ1n) is 7.72. The molecular formula is C18H19Cl2NO4. The average molecular weight is 384 g/mol. The minimum Gasteiger partial charge on any atom is -0.493 e. The maximum absolute atomic E-state index is 11.0. The van der Waals surface area contributed by atoms with Crippen molar-refractivity contribution in [1.82, 2.24) is 0 Å². The fraction of sp³-hybridized carbons (Fsp3) is 0.278. The van der Waals surface area contributed by atoms with Crippen LogP contribution in [0.2, 0.25) is 10.0 Å². The number of rotatable bonds is 8. The molecule has 0 amide bonds. The lowest BCUT2D eigenvalue weighted by atomic mass is 10.1. The zero-order valence-corrected chi connectivity index (χ0v) is 15.4. The van der Waals surface area contributed by atoms with E-state index in [2.05, 4.69) is 5.32 Å². The van der Waals surface area contributed by atoms with E-state index < -0.39 is 5.97 Å². The normalized spacial score (nSPS) is 10.4. The fourth-order valence-corrected chi connectivity index (χ4v) is 2.76. The van der Waals surface area contributed by atoms with Crippen LogP contribution in [0, 0.1) is 0 Å². The van der Waals surface area contributed by atoms with Crippen molar-refractivity contribution in [2.75, 3.05) is 19.0 Å². The molecule has 5 nitrogen and oxygen atoms in total. The number of hydrogen-bond donors (Lipinski definition) is 2. The molecule has 0 aliphatic heterocycles. The van der Waals surface area contributed by atoms with Crippen molar-refractivity contribution in [1.29, 1.82) is 0 Å². The predicted molar refractivity (Wildman–Crippen MR) is 99.5 cm³/mol. The number of aromatic carboxylic acids is 1. The summed E-state index contributed by atoms with van der Waals surface area (Å²) in [6, 6.07) is 8.19. The number of carboxylic acids is 1. The largest absolute Gasteiger partial charge is 0.493 e. The van der Waals surface area contributed by atoms with E-state index in [1.54, 1.807) is 31.4 Å². The summed E-state index contributed by atoms with van der Waals surface area (Å²) in [7, 11) is 1.56. The van der Waals surface area contributed by atoms with Crippen LogP contribution in [0.1, 0.15) is 29.3 Å². The highest BCUT2D eigenvalue weighted by Crippen LogP contribution is 2.35. The molecule has 0 saturated carbocycles. The van der Waals surface area contributed by atoms with Gasteiger partial charge in [0.15, 0.2) is 11.5 Å². The molecule has 0 radical (unpaired) electrons. The van der Waals surface area contributed by atoms with Gasteiger partial charge in [0.2, 0.25) is 0 Å². The van der Waals surface area contributed by atoms with Gasteiger partial charge in [0.1, 0.15) is 0 Å². The van der Waals surface area contributed by atoms with Gasteiger partial charge >= 0.3 is 5.97 Å². The number of benzene rings is 2. The van der Waals surface area contributed by atoms with Crippen molar-refractivity contribution in [3.8, 4) is 11.5 Å². The van der Waals surface area contributed by atoms with E-state index in [9.17, 15) is 4.79 Å². The number of anilines is 1. The van der Waals surface area contributed by atoms with Crippen LogP contribution in [-0.4, -0.2) is 24.8 Å². The Labute approximate surface area is 156 Å². The van der Waals surface area contributed by atoms with Crippen LogP contribution < -0.4 is 14.8 Å². The second kappa shape index (κ2) is 8.83. The zero-order chi connectivity index (χ0) is 18.4. The van der Waals surface area contributed by atoms with E-state index >= 15 is 0 Å². The number of carboxylic acid groups (broad SMARTS) is 1. The summed E-state index contributed by atoms with van der Waals surface area (Å²) in [4.78, 5) is 11.0. The molecule has 0 unspecified atom stereocenters. The topological polar surface area (TPSA) is 67.8 Å². The molecule has 2 N–H and O–H groups in total. The first-order chi connectivity index (χ1) is 12.0. The second-order valence-electron chi connectivity index (χ2n) is 5.30. The van der Waals surface area contributed by atoms with Crippen LogP contribution in [-0.2, 0) is 6.54 Å². The Hall–Kier alpha value is -2.11. The summed E-state index contributed by atoms with van der Waals surface area (Å²) in [5.74, 6) is 0.137. The molecule has 2 rings (SSSR count). The van der Waals surface area contributed by atoms with E-state index in [1.807, 2.05) is 6.92 Å². The zero-order valence-electron chi connectivity index (χ0n) is 13.9. The van der Waals surface area contributed by atoms with Gasteiger partial charge in [-0.2, -0.15) is 0 Å². The van der Waals surface area contributed by atoms with Crippen molar-refractivity contribution in [2.45, 2.75) is 19.9 Å². The molecule has 0 saturated heterocycles.